The van der Waals surface area contributed by atoms with E-state index >= 15 is 0 Å². The zero-order valence-corrected chi connectivity index (χ0v) is 14.9. The molecule has 0 atom stereocenters. The number of carbonyl (C=O) groups excluding carboxylic acids is 2. The summed E-state index contributed by atoms with van der Waals surface area (Å²) in [6.45, 7) is 0. The number of benzene rings is 2. The quantitative estimate of drug-likeness (QED) is 0.578. The van der Waals surface area contributed by atoms with Crippen LogP contribution < -0.4 is 10.6 Å². The minimum absolute atomic E-state index is 0.145. The van der Waals surface area contributed by atoms with Crippen molar-refractivity contribution in [3.05, 3.63) is 89.9 Å². The average Bonchev–Trinajstić information content (AvgIpc) is 3.20. The van der Waals surface area contributed by atoms with Crippen LogP contribution in [0.2, 0.25) is 0 Å². The van der Waals surface area contributed by atoms with Crippen molar-refractivity contribution >= 4 is 29.3 Å². The van der Waals surface area contributed by atoms with Crippen LogP contribution in [0.25, 0.3) is 6.08 Å². The molecule has 0 aliphatic carbocycles. The Labute approximate surface area is 163 Å². The first-order valence-corrected chi connectivity index (χ1v) is 8.43. The summed E-state index contributed by atoms with van der Waals surface area (Å²) in [4.78, 5) is 24.1. The molecule has 0 saturated carbocycles. The highest BCUT2D eigenvalue weighted by molar-refractivity contribution is 6.05. The molecule has 2 aromatic carbocycles. The summed E-state index contributed by atoms with van der Waals surface area (Å²) in [5.41, 5.74) is -0.691. The number of hydrogen-bond acceptors (Lipinski definition) is 3. The van der Waals surface area contributed by atoms with Gasteiger partial charge in [-0.3, -0.25) is 9.59 Å². The summed E-state index contributed by atoms with van der Waals surface area (Å²) in [7, 11) is 0. The summed E-state index contributed by atoms with van der Waals surface area (Å²) in [5.74, 6) is -0.582. The fraction of sp³-hybridized carbons (Fsp3) is 0.0476. The molecule has 2 amide bonds. The second-order valence-corrected chi connectivity index (χ2v) is 5.91. The lowest BCUT2D eigenvalue weighted by atomic mass is 10.1. The van der Waals surface area contributed by atoms with Crippen LogP contribution in [0.3, 0.4) is 0 Å². The molecule has 0 fully saturated rings. The molecule has 0 aliphatic heterocycles. The van der Waals surface area contributed by atoms with Gasteiger partial charge in [-0.25, -0.2) is 0 Å². The summed E-state index contributed by atoms with van der Waals surface area (Å²) in [6, 6.07) is 13.9. The van der Waals surface area contributed by atoms with Crippen molar-refractivity contribution in [2.24, 2.45) is 0 Å². The van der Waals surface area contributed by atoms with Crippen molar-refractivity contribution in [1.82, 2.24) is 0 Å². The molecule has 0 saturated heterocycles. The van der Waals surface area contributed by atoms with Crippen molar-refractivity contribution in [2.75, 3.05) is 10.6 Å². The number of alkyl halides is 3. The molecule has 1 aromatic heterocycles. The number of nitrogens with one attached hydrogen (secondary N) is 2. The molecule has 3 aromatic rings. The maximum absolute atomic E-state index is 13.0. The number of anilines is 2. The summed E-state index contributed by atoms with van der Waals surface area (Å²) in [6.07, 6.45) is -0.321. The third kappa shape index (κ3) is 5.35. The maximum atomic E-state index is 13.0. The lowest BCUT2D eigenvalue weighted by Gasteiger charge is -2.13. The van der Waals surface area contributed by atoms with Gasteiger partial charge in [-0.15, -0.1) is 0 Å². The summed E-state index contributed by atoms with van der Waals surface area (Å²) < 4.78 is 44.1. The van der Waals surface area contributed by atoms with Gasteiger partial charge in [-0.1, -0.05) is 12.1 Å². The van der Waals surface area contributed by atoms with Gasteiger partial charge < -0.3 is 15.1 Å². The van der Waals surface area contributed by atoms with E-state index in [1.54, 1.807) is 12.1 Å². The first kappa shape index (κ1) is 19.9. The molecule has 148 valence electrons. The Hall–Kier alpha value is -3.81. The Morgan fingerprint density at radius 3 is 2.28 bits per heavy atom. The van der Waals surface area contributed by atoms with E-state index in [4.69, 9.17) is 4.42 Å². The molecular weight excluding hydrogens is 385 g/mol. The van der Waals surface area contributed by atoms with Crippen LogP contribution in [0.15, 0.2) is 77.4 Å². The first-order valence-electron chi connectivity index (χ1n) is 8.43. The predicted molar refractivity (Wildman–Crippen MR) is 102 cm³/mol. The van der Waals surface area contributed by atoms with Gasteiger partial charge in [0.25, 0.3) is 5.91 Å². The minimum Gasteiger partial charge on any atom is -0.465 e. The maximum Gasteiger partial charge on any atom is 0.418 e. The number of amides is 2. The van der Waals surface area contributed by atoms with E-state index in [-0.39, 0.29) is 11.3 Å². The first-order chi connectivity index (χ1) is 13.8. The fourth-order valence-electron chi connectivity index (χ4n) is 2.47. The van der Waals surface area contributed by atoms with Crippen molar-refractivity contribution < 1.29 is 27.2 Å². The molecular formula is C21H15F3N2O3. The van der Waals surface area contributed by atoms with Gasteiger partial charge in [0, 0.05) is 17.3 Å². The van der Waals surface area contributed by atoms with Gasteiger partial charge in [0.05, 0.1) is 17.5 Å². The van der Waals surface area contributed by atoms with E-state index < -0.39 is 23.6 Å². The van der Waals surface area contributed by atoms with Crippen LogP contribution in [0.4, 0.5) is 24.5 Å². The number of para-hydroxylation sites is 1. The number of rotatable bonds is 5. The van der Waals surface area contributed by atoms with Gasteiger partial charge in [0.2, 0.25) is 5.91 Å². The Morgan fingerprint density at radius 1 is 0.897 bits per heavy atom. The lowest BCUT2D eigenvalue weighted by Crippen LogP contribution is -2.16. The highest BCUT2D eigenvalue weighted by Gasteiger charge is 2.33. The number of carbonyl (C=O) groups is 2. The zero-order chi connectivity index (χ0) is 20.9. The molecule has 1 heterocycles. The second-order valence-electron chi connectivity index (χ2n) is 5.91. The molecule has 0 radical (unpaired) electrons. The predicted octanol–water partition coefficient (Wildman–Crippen LogP) is 5.20. The molecule has 0 spiro atoms. The highest BCUT2D eigenvalue weighted by Crippen LogP contribution is 2.34. The topological polar surface area (TPSA) is 71.3 Å². The van der Waals surface area contributed by atoms with Gasteiger partial charge in [-0.2, -0.15) is 13.2 Å². The molecule has 8 heteroatoms. The molecule has 0 unspecified atom stereocenters. The van der Waals surface area contributed by atoms with Crippen molar-refractivity contribution in [2.45, 2.75) is 6.18 Å². The van der Waals surface area contributed by atoms with Crippen molar-refractivity contribution in [1.29, 1.82) is 0 Å². The Kier molecular flexibility index (Phi) is 5.82. The molecule has 0 aliphatic rings. The third-order valence-electron chi connectivity index (χ3n) is 3.84. The molecule has 2 N–H and O–H groups in total. The van der Waals surface area contributed by atoms with E-state index in [1.165, 1.54) is 60.9 Å². The lowest BCUT2D eigenvalue weighted by molar-refractivity contribution is -0.136. The van der Waals surface area contributed by atoms with Crippen LogP contribution in [0.1, 0.15) is 21.7 Å². The van der Waals surface area contributed by atoms with Gasteiger partial charge in [0.1, 0.15) is 5.76 Å². The van der Waals surface area contributed by atoms with Crippen molar-refractivity contribution in [3.8, 4) is 0 Å². The van der Waals surface area contributed by atoms with E-state index in [1.807, 2.05) is 0 Å². The van der Waals surface area contributed by atoms with Gasteiger partial charge >= 0.3 is 6.18 Å². The largest absolute Gasteiger partial charge is 0.465 e. The van der Waals surface area contributed by atoms with E-state index in [0.717, 1.165) is 6.07 Å². The Morgan fingerprint density at radius 2 is 1.62 bits per heavy atom. The monoisotopic (exact) mass is 400 g/mol. The molecule has 29 heavy (non-hydrogen) atoms. The van der Waals surface area contributed by atoms with Crippen LogP contribution in [-0.4, -0.2) is 11.8 Å². The van der Waals surface area contributed by atoms with Crippen LogP contribution in [0, 0.1) is 0 Å². The highest BCUT2D eigenvalue weighted by atomic mass is 19.4. The molecule has 3 rings (SSSR count). The third-order valence-corrected chi connectivity index (χ3v) is 3.84. The van der Waals surface area contributed by atoms with Crippen LogP contribution >= 0.6 is 0 Å². The second kappa shape index (κ2) is 8.47. The Balaban J connectivity index is 1.64. The van der Waals surface area contributed by atoms with Crippen LogP contribution in [0.5, 0.6) is 0 Å². The zero-order valence-electron chi connectivity index (χ0n) is 14.9. The normalized spacial score (nSPS) is 11.4. The fourth-order valence-corrected chi connectivity index (χ4v) is 2.47. The Bertz CT molecular complexity index is 1020. The standard InChI is InChI=1S/C21H15F3N2O3/c22-21(23,24)17-5-1-2-6-18(17)26-20(28)14-7-9-15(10-8-14)25-19(27)12-11-16-4-3-13-29-16/h1-13H,(H,25,27)(H,26,28)/b12-11+. The average molecular weight is 400 g/mol. The van der Waals surface area contributed by atoms with Gasteiger partial charge in [-0.05, 0) is 54.6 Å². The number of hydrogen-bond donors (Lipinski definition) is 2. The molecule has 5 nitrogen and oxygen atoms in total. The summed E-state index contributed by atoms with van der Waals surface area (Å²) in [5, 5.41) is 4.86. The smallest absolute Gasteiger partial charge is 0.418 e. The van der Waals surface area contributed by atoms with E-state index in [9.17, 15) is 22.8 Å². The number of halogens is 3. The summed E-state index contributed by atoms with van der Waals surface area (Å²) >= 11 is 0. The SMILES string of the molecule is O=C(/C=C/c1ccco1)Nc1ccc(C(=O)Nc2ccccc2C(F)(F)F)cc1. The van der Waals surface area contributed by atoms with Gasteiger partial charge in [0.15, 0.2) is 0 Å². The van der Waals surface area contributed by atoms with E-state index in [2.05, 4.69) is 10.6 Å². The van der Waals surface area contributed by atoms with E-state index in [0.29, 0.717) is 11.4 Å². The molecule has 0 bridgehead atoms. The minimum atomic E-state index is -4.58. The number of furan rings is 1. The van der Waals surface area contributed by atoms with Crippen LogP contribution in [-0.2, 0) is 11.0 Å². The van der Waals surface area contributed by atoms with Crippen molar-refractivity contribution in [3.63, 3.8) is 0 Å².